The molecule has 0 amide bonds. The van der Waals surface area contributed by atoms with Gasteiger partial charge in [0.15, 0.2) is 5.69 Å². The molecule has 1 aromatic carbocycles. The number of aryl methyl sites for hydroxylation is 1. The number of benzene rings is 1. The molecule has 3 rings (SSSR count). The minimum atomic E-state index is 0.580. The van der Waals surface area contributed by atoms with Crippen molar-refractivity contribution >= 4 is 5.65 Å². The number of imidazole rings is 1. The SMILES string of the molecule is CC(C)c1ccc(-c2c[n+]3ccccc3n2C)cc1. The van der Waals surface area contributed by atoms with Gasteiger partial charge in [0.1, 0.15) is 6.20 Å². The summed E-state index contributed by atoms with van der Waals surface area (Å²) in [5, 5.41) is 0. The summed E-state index contributed by atoms with van der Waals surface area (Å²) in [5.41, 5.74) is 5.08. The van der Waals surface area contributed by atoms with Crippen LogP contribution in [0.15, 0.2) is 54.9 Å². The lowest BCUT2D eigenvalue weighted by Crippen LogP contribution is -2.17. The molecule has 19 heavy (non-hydrogen) atoms. The Labute approximate surface area is 113 Å². The smallest absolute Gasteiger partial charge is 0.226 e. The second-order valence-corrected chi connectivity index (χ2v) is 5.32. The largest absolute Gasteiger partial charge is 0.286 e. The van der Waals surface area contributed by atoms with Crippen molar-refractivity contribution in [3.63, 3.8) is 0 Å². The molecule has 0 aliphatic rings. The van der Waals surface area contributed by atoms with Gasteiger partial charge in [-0.3, -0.25) is 0 Å². The highest BCUT2D eigenvalue weighted by molar-refractivity contribution is 5.61. The van der Waals surface area contributed by atoms with Gasteiger partial charge in [-0.05, 0) is 17.5 Å². The van der Waals surface area contributed by atoms with Crippen LogP contribution in [0, 0.1) is 0 Å². The molecule has 0 N–H and O–H groups in total. The van der Waals surface area contributed by atoms with Crippen LogP contribution >= 0.6 is 0 Å². The van der Waals surface area contributed by atoms with E-state index in [4.69, 9.17) is 0 Å². The molecule has 0 bridgehead atoms. The lowest BCUT2D eigenvalue weighted by Gasteiger charge is -2.05. The fourth-order valence-electron chi connectivity index (χ4n) is 2.49. The molecule has 2 aromatic heterocycles. The first kappa shape index (κ1) is 12.0. The van der Waals surface area contributed by atoms with Crippen molar-refractivity contribution in [2.75, 3.05) is 0 Å². The quantitative estimate of drug-likeness (QED) is 0.616. The third kappa shape index (κ3) is 2.03. The van der Waals surface area contributed by atoms with Crippen LogP contribution in [0.2, 0.25) is 0 Å². The van der Waals surface area contributed by atoms with Crippen molar-refractivity contribution in [2.24, 2.45) is 7.05 Å². The first-order valence-electron chi connectivity index (χ1n) is 6.73. The number of fused-ring (bicyclic) bond motifs is 1. The molecule has 0 radical (unpaired) electrons. The van der Waals surface area contributed by atoms with Crippen LogP contribution in [0.1, 0.15) is 25.3 Å². The van der Waals surface area contributed by atoms with E-state index in [-0.39, 0.29) is 0 Å². The Morgan fingerprint density at radius 2 is 1.74 bits per heavy atom. The van der Waals surface area contributed by atoms with Gasteiger partial charge in [-0.2, -0.15) is 0 Å². The molecule has 96 valence electrons. The average molecular weight is 251 g/mol. The molecule has 0 fully saturated rings. The van der Waals surface area contributed by atoms with Crippen molar-refractivity contribution in [3.05, 3.63) is 60.4 Å². The predicted molar refractivity (Wildman–Crippen MR) is 78.1 cm³/mol. The van der Waals surface area contributed by atoms with Crippen LogP contribution < -0.4 is 4.40 Å². The third-order valence-electron chi connectivity index (χ3n) is 3.71. The number of pyridine rings is 1. The molecule has 0 aliphatic carbocycles. The monoisotopic (exact) mass is 251 g/mol. The van der Waals surface area contributed by atoms with Gasteiger partial charge in [0.25, 0.3) is 5.65 Å². The Hall–Kier alpha value is -2.09. The molecular formula is C17H19N2+. The highest BCUT2D eigenvalue weighted by atomic mass is 15.1. The maximum Gasteiger partial charge on any atom is 0.286 e. The molecule has 0 spiro atoms. The van der Waals surface area contributed by atoms with E-state index in [1.54, 1.807) is 0 Å². The molecule has 0 unspecified atom stereocenters. The van der Waals surface area contributed by atoms with E-state index < -0.39 is 0 Å². The zero-order chi connectivity index (χ0) is 13.4. The van der Waals surface area contributed by atoms with Gasteiger partial charge in [0.2, 0.25) is 0 Å². The zero-order valence-electron chi connectivity index (χ0n) is 11.7. The van der Waals surface area contributed by atoms with Crippen LogP contribution in [0.4, 0.5) is 0 Å². The van der Waals surface area contributed by atoms with E-state index in [2.05, 4.69) is 84.7 Å². The minimum Gasteiger partial charge on any atom is -0.226 e. The van der Waals surface area contributed by atoms with Crippen LogP contribution in [0.25, 0.3) is 16.9 Å². The molecule has 0 saturated carbocycles. The lowest BCUT2D eigenvalue weighted by atomic mass is 10.0. The van der Waals surface area contributed by atoms with Gasteiger partial charge in [-0.15, -0.1) is 0 Å². The topological polar surface area (TPSA) is 9.03 Å². The maximum absolute atomic E-state index is 2.23. The van der Waals surface area contributed by atoms with E-state index in [1.165, 1.54) is 22.5 Å². The summed E-state index contributed by atoms with van der Waals surface area (Å²) in [6.45, 7) is 4.45. The Balaban J connectivity index is 2.11. The normalized spacial score (nSPS) is 11.4. The lowest BCUT2D eigenvalue weighted by molar-refractivity contribution is -0.510. The van der Waals surface area contributed by atoms with Crippen molar-refractivity contribution in [1.29, 1.82) is 0 Å². The number of nitrogens with zero attached hydrogens (tertiary/aromatic N) is 2. The van der Waals surface area contributed by atoms with Crippen LogP contribution in [0.5, 0.6) is 0 Å². The zero-order valence-corrected chi connectivity index (χ0v) is 11.7. The number of rotatable bonds is 2. The fraction of sp³-hybridized carbons (Fsp3) is 0.235. The Kier molecular flexibility index (Phi) is 2.86. The maximum atomic E-state index is 2.23. The van der Waals surface area contributed by atoms with Gasteiger partial charge in [-0.1, -0.05) is 44.2 Å². The van der Waals surface area contributed by atoms with E-state index in [0.717, 1.165) is 0 Å². The molecule has 3 aromatic rings. The van der Waals surface area contributed by atoms with Crippen molar-refractivity contribution in [3.8, 4) is 11.3 Å². The summed E-state index contributed by atoms with van der Waals surface area (Å²) in [7, 11) is 2.11. The van der Waals surface area contributed by atoms with E-state index in [0.29, 0.717) is 5.92 Å². The molecule has 2 heteroatoms. The van der Waals surface area contributed by atoms with Crippen molar-refractivity contribution < 1.29 is 4.40 Å². The van der Waals surface area contributed by atoms with Gasteiger partial charge in [0, 0.05) is 11.6 Å². The molecule has 0 saturated heterocycles. The van der Waals surface area contributed by atoms with E-state index in [1.807, 2.05) is 0 Å². The summed E-state index contributed by atoms with van der Waals surface area (Å²) >= 11 is 0. The summed E-state index contributed by atoms with van der Waals surface area (Å²) in [4.78, 5) is 0. The van der Waals surface area contributed by atoms with E-state index >= 15 is 0 Å². The van der Waals surface area contributed by atoms with Gasteiger partial charge >= 0.3 is 0 Å². The predicted octanol–water partition coefficient (Wildman–Crippen LogP) is 3.55. The second kappa shape index (κ2) is 4.54. The average Bonchev–Trinajstić information content (AvgIpc) is 2.77. The molecular weight excluding hydrogens is 232 g/mol. The molecule has 0 atom stereocenters. The molecule has 2 heterocycles. The van der Waals surface area contributed by atoms with Crippen LogP contribution in [0.3, 0.4) is 0 Å². The Morgan fingerprint density at radius 1 is 1.00 bits per heavy atom. The fourth-order valence-corrected chi connectivity index (χ4v) is 2.49. The second-order valence-electron chi connectivity index (χ2n) is 5.32. The van der Waals surface area contributed by atoms with Gasteiger partial charge in [0.05, 0.1) is 13.2 Å². The highest BCUT2D eigenvalue weighted by Gasteiger charge is 2.15. The minimum absolute atomic E-state index is 0.580. The first-order chi connectivity index (χ1) is 9.16. The van der Waals surface area contributed by atoms with Crippen molar-refractivity contribution in [2.45, 2.75) is 19.8 Å². The van der Waals surface area contributed by atoms with Crippen LogP contribution in [-0.2, 0) is 7.05 Å². The number of hydrogen-bond donors (Lipinski definition) is 0. The molecule has 0 aliphatic heterocycles. The first-order valence-corrected chi connectivity index (χ1v) is 6.73. The summed E-state index contributed by atoms with van der Waals surface area (Å²) in [6.07, 6.45) is 4.26. The highest BCUT2D eigenvalue weighted by Crippen LogP contribution is 2.22. The Morgan fingerprint density at radius 3 is 2.37 bits per heavy atom. The van der Waals surface area contributed by atoms with Crippen LogP contribution in [-0.4, -0.2) is 4.57 Å². The summed E-state index contributed by atoms with van der Waals surface area (Å²) in [5.74, 6) is 0.580. The Bertz CT molecular complexity index is 706. The van der Waals surface area contributed by atoms with Gasteiger partial charge < -0.3 is 0 Å². The summed E-state index contributed by atoms with van der Waals surface area (Å²) in [6, 6.07) is 15.1. The number of aromatic nitrogens is 2. The number of hydrogen-bond acceptors (Lipinski definition) is 0. The standard InChI is InChI=1S/C17H19N2/c1-13(2)14-7-9-15(10-8-14)16-12-19-11-5-4-6-17(19)18(16)3/h4-13H,1-3H3/q+1. The third-order valence-corrected chi connectivity index (χ3v) is 3.71. The van der Waals surface area contributed by atoms with E-state index in [9.17, 15) is 0 Å². The van der Waals surface area contributed by atoms with Crippen molar-refractivity contribution in [1.82, 2.24) is 4.57 Å². The summed E-state index contributed by atoms with van der Waals surface area (Å²) < 4.78 is 4.38. The van der Waals surface area contributed by atoms with Gasteiger partial charge in [-0.25, -0.2) is 8.97 Å². The molecule has 2 nitrogen and oxygen atoms in total.